The Bertz CT molecular complexity index is 246. The van der Waals surface area contributed by atoms with Crippen molar-refractivity contribution in [2.24, 2.45) is 0 Å². The quantitative estimate of drug-likeness (QED) is 0.507. The summed E-state index contributed by atoms with van der Waals surface area (Å²) in [6.07, 6.45) is 10.4. The molecule has 14 heavy (non-hydrogen) atoms. The standard InChI is InChI=1S/C12H22OSi/c1-14(2,3)13-12(9-10-12)11-7-5-4-6-8-11/h7H,4-6,8-10H2,1-3H3. The topological polar surface area (TPSA) is 9.23 Å². The van der Waals surface area contributed by atoms with E-state index in [0.717, 1.165) is 0 Å². The maximum atomic E-state index is 6.35. The molecule has 0 N–H and O–H groups in total. The van der Waals surface area contributed by atoms with Crippen molar-refractivity contribution in [2.45, 2.75) is 63.8 Å². The van der Waals surface area contributed by atoms with Gasteiger partial charge in [-0.05, 0) is 63.7 Å². The monoisotopic (exact) mass is 210 g/mol. The van der Waals surface area contributed by atoms with Crippen LogP contribution in [0, 0.1) is 0 Å². The van der Waals surface area contributed by atoms with E-state index in [4.69, 9.17) is 4.43 Å². The Morgan fingerprint density at radius 2 is 1.93 bits per heavy atom. The van der Waals surface area contributed by atoms with Gasteiger partial charge in [0.25, 0.3) is 0 Å². The molecule has 1 saturated carbocycles. The zero-order valence-electron chi connectivity index (χ0n) is 9.73. The summed E-state index contributed by atoms with van der Waals surface area (Å²) in [5, 5.41) is 0. The lowest BCUT2D eigenvalue weighted by molar-refractivity contribution is 0.201. The first-order chi connectivity index (χ1) is 6.52. The number of hydrogen-bond donors (Lipinski definition) is 0. The largest absolute Gasteiger partial charge is 0.408 e. The normalized spacial score (nSPS) is 25.8. The van der Waals surface area contributed by atoms with Gasteiger partial charge in [-0.25, -0.2) is 0 Å². The van der Waals surface area contributed by atoms with E-state index in [0.29, 0.717) is 0 Å². The average molecular weight is 210 g/mol. The summed E-state index contributed by atoms with van der Waals surface area (Å²) < 4.78 is 6.35. The molecule has 0 aliphatic heterocycles. The van der Waals surface area contributed by atoms with Crippen LogP contribution >= 0.6 is 0 Å². The zero-order chi connectivity index (χ0) is 10.2. The molecule has 0 aromatic heterocycles. The second-order valence-corrected chi connectivity index (χ2v) is 10.1. The van der Waals surface area contributed by atoms with E-state index in [1.54, 1.807) is 5.57 Å². The predicted octanol–water partition coefficient (Wildman–Crippen LogP) is 3.87. The molecule has 0 saturated heterocycles. The molecule has 0 heterocycles. The van der Waals surface area contributed by atoms with Crippen LogP contribution in [0.25, 0.3) is 0 Å². The van der Waals surface area contributed by atoms with Gasteiger partial charge in [-0.1, -0.05) is 6.08 Å². The summed E-state index contributed by atoms with van der Waals surface area (Å²) in [4.78, 5) is 0. The van der Waals surface area contributed by atoms with Crippen molar-refractivity contribution in [3.63, 3.8) is 0 Å². The molecule has 2 rings (SSSR count). The van der Waals surface area contributed by atoms with E-state index in [2.05, 4.69) is 25.7 Å². The Hall–Kier alpha value is -0.0831. The van der Waals surface area contributed by atoms with Gasteiger partial charge in [0.1, 0.15) is 0 Å². The highest BCUT2D eigenvalue weighted by molar-refractivity contribution is 6.69. The lowest BCUT2D eigenvalue weighted by Gasteiger charge is -2.30. The van der Waals surface area contributed by atoms with Crippen LogP contribution in [0.5, 0.6) is 0 Å². The Balaban J connectivity index is 2.05. The minimum absolute atomic E-state index is 0.227. The molecule has 0 aromatic rings. The van der Waals surface area contributed by atoms with Crippen LogP contribution in [0.2, 0.25) is 19.6 Å². The maximum absolute atomic E-state index is 6.35. The van der Waals surface area contributed by atoms with E-state index in [9.17, 15) is 0 Å². The van der Waals surface area contributed by atoms with Gasteiger partial charge in [-0.15, -0.1) is 0 Å². The average Bonchev–Trinajstić information content (AvgIpc) is 2.85. The molecule has 2 aliphatic rings. The van der Waals surface area contributed by atoms with Crippen molar-refractivity contribution < 1.29 is 4.43 Å². The van der Waals surface area contributed by atoms with E-state index in [1.807, 2.05) is 0 Å². The summed E-state index contributed by atoms with van der Waals surface area (Å²) in [5.41, 5.74) is 1.86. The van der Waals surface area contributed by atoms with Crippen molar-refractivity contribution in [1.82, 2.24) is 0 Å². The van der Waals surface area contributed by atoms with E-state index in [-0.39, 0.29) is 5.60 Å². The highest BCUT2D eigenvalue weighted by atomic mass is 28.4. The van der Waals surface area contributed by atoms with Crippen molar-refractivity contribution in [2.75, 3.05) is 0 Å². The third kappa shape index (κ3) is 2.29. The number of rotatable bonds is 3. The SMILES string of the molecule is C[Si](C)(C)OC1(C2=CCCCC2)CC1. The minimum Gasteiger partial charge on any atom is -0.408 e. The van der Waals surface area contributed by atoms with E-state index < -0.39 is 8.32 Å². The van der Waals surface area contributed by atoms with Gasteiger partial charge in [0.2, 0.25) is 0 Å². The molecule has 0 radical (unpaired) electrons. The second kappa shape index (κ2) is 3.49. The first kappa shape index (κ1) is 10.4. The highest BCUT2D eigenvalue weighted by Crippen LogP contribution is 2.50. The fourth-order valence-electron chi connectivity index (χ4n) is 2.44. The fraction of sp³-hybridized carbons (Fsp3) is 0.833. The van der Waals surface area contributed by atoms with Crippen molar-refractivity contribution in [1.29, 1.82) is 0 Å². The fourth-order valence-corrected chi connectivity index (χ4v) is 3.95. The number of hydrogen-bond acceptors (Lipinski definition) is 1. The number of allylic oxidation sites excluding steroid dienone is 1. The minimum atomic E-state index is -1.35. The lowest BCUT2D eigenvalue weighted by Crippen LogP contribution is -2.34. The van der Waals surface area contributed by atoms with Crippen molar-refractivity contribution in [3.8, 4) is 0 Å². The van der Waals surface area contributed by atoms with Crippen LogP contribution in [-0.2, 0) is 4.43 Å². The Kier molecular flexibility index (Phi) is 2.60. The van der Waals surface area contributed by atoms with Crippen molar-refractivity contribution in [3.05, 3.63) is 11.6 Å². The van der Waals surface area contributed by atoms with E-state index in [1.165, 1.54) is 38.5 Å². The molecule has 1 fully saturated rings. The second-order valence-electron chi connectivity index (χ2n) is 5.68. The van der Waals surface area contributed by atoms with Gasteiger partial charge in [-0.2, -0.15) is 0 Å². The summed E-state index contributed by atoms with van der Waals surface area (Å²) >= 11 is 0. The van der Waals surface area contributed by atoms with Gasteiger partial charge in [0, 0.05) is 0 Å². The van der Waals surface area contributed by atoms with Gasteiger partial charge in [0.05, 0.1) is 5.60 Å². The molecule has 0 atom stereocenters. The molecule has 0 bridgehead atoms. The molecule has 0 amide bonds. The third-order valence-electron chi connectivity index (χ3n) is 3.08. The van der Waals surface area contributed by atoms with Crippen LogP contribution < -0.4 is 0 Å². The smallest absolute Gasteiger partial charge is 0.184 e. The van der Waals surface area contributed by atoms with Gasteiger partial charge >= 0.3 is 0 Å². The maximum Gasteiger partial charge on any atom is 0.184 e. The Labute approximate surface area is 88.7 Å². The molecule has 1 nitrogen and oxygen atoms in total. The third-order valence-corrected chi connectivity index (χ3v) is 4.08. The van der Waals surface area contributed by atoms with Gasteiger partial charge in [0.15, 0.2) is 8.32 Å². The molecular formula is C12H22OSi. The van der Waals surface area contributed by atoms with Crippen LogP contribution in [0.15, 0.2) is 11.6 Å². The zero-order valence-corrected chi connectivity index (χ0v) is 10.7. The Morgan fingerprint density at radius 3 is 2.36 bits per heavy atom. The molecule has 2 heteroatoms. The summed E-state index contributed by atoms with van der Waals surface area (Å²) in [5.74, 6) is 0. The van der Waals surface area contributed by atoms with Crippen LogP contribution in [0.1, 0.15) is 38.5 Å². The summed E-state index contributed by atoms with van der Waals surface area (Å²) in [6.45, 7) is 6.91. The summed E-state index contributed by atoms with van der Waals surface area (Å²) in [7, 11) is -1.35. The predicted molar refractivity (Wildman–Crippen MR) is 62.9 cm³/mol. The first-order valence-corrected chi connectivity index (χ1v) is 9.32. The van der Waals surface area contributed by atoms with Gasteiger partial charge < -0.3 is 4.43 Å². The molecule has 0 spiro atoms. The molecular weight excluding hydrogens is 188 g/mol. The summed E-state index contributed by atoms with van der Waals surface area (Å²) in [6, 6.07) is 0. The lowest BCUT2D eigenvalue weighted by atomic mass is 9.94. The molecule has 2 aliphatic carbocycles. The molecule has 80 valence electrons. The van der Waals surface area contributed by atoms with E-state index >= 15 is 0 Å². The Morgan fingerprint density at radius 1 is 1.21 bits per heavy atom. The van der Waals surface area contributed by atoms with Gasteiger partial charge in [-0.3, -0.25) is 0 Å². The van der Waals surface area contributed by atoms with Crippen LogP contribution in [0.3, 0.4) is 0 Å². The van der Waals surface area contributed by atoms with Crippen LogP contribution in [0.4, 0.5) is 0 Å². The molecule has 0 unspecified atom stereocenters. The molecule has 0 aromatic carbocycles. The van der Waals surface area contributed by atoms with Crippen LogP contribution in [-0.4, -0.2) is 13.9 Å². The highest BCUT2D eigenvalue weighted by Gasteiger charge is 2.49. The van der Waals surface area contributed by atoms with Crippen molar-refractivity contribution >= 4 is 8.32 Å². The first-order valence-electron chi connectivity index (χ1n) is 5.92.